The Hall–Kier alpha value is -2.47. The van der Waals surface area contributed by atoms with E-state index in [9.17, 15) is 9.59 Å². The lowest BCUT2D eigenvalue weighted by atomic mass is 10.2. The summed E-state index contributed by atoms with van der Waals surface area (Å²) < 4.78 is 5.61. The minimum Gasteiger partial charge on any atom is -0.492 e. The maximum atomic E-state index is 12.4. The summed E-state index contributed by atoms with van der Waals surface area (Å²) in [5, 5.41) is 2.86. The van der Waals surface area contributed by atoms with Crippen LogP contribution in [-0.2, 0) is 4.79 Å². The molecule has 0 unspecified atom stereocenters. The zero-order valence-corrected chi connectivity index (χ0v) is 16.1. The lowest BCUT2D eigenvalue weighted by molar-refractivity contribution is -0.125. The normalized spacial score (nSPS) is 10.3. The first kappa shape index (κ1) is 19.8. The van der Waals surface area contributed by atoms with Gasteiger partial charge in [0, 0.05) is 19.0 Å². The highest BCUT2D eigenvalue weighted by atomic mass is 32.2. The molecule has 26 heavy (non-hydrogen) atoms. The van der Waals surface area contributed by atoms with Crippen molar-refractivity contribution in [3.05, 3.63) is 59.7 Å². The molecule has 5 nitrogen and oxygen atoms in total. The number of ether oxygens (including phenoxy) is 1. The van der Waals surface area contributed by atoms with Gasteiger partial charge in [-0.2, -0.15) is 0 Å². The predicted molar refractivity (Wildman–Crippen MR) is 105 cm³/mol. The molecular formula is C20H24N2O3S. The van der Waals surface area contributed by atoms with Crippen LogP contribution in [0.3, 0.4) is 0 Å². The van der Waals surface area contributed by atoms with Crippen molar-refractivity contribution in [2.24, 2.45) is 0 Å². The van der Waals surface area contributed by atoms with E-state index in [1.165, 1.54) is 22.2 Å². The zero-order valence-electron chi connectivity index (χ0n) is 15.3. The SMILES string of the molecule is Cc1ccc(OCCNC(=O)c2ccccc2SCC(=O)N(C)C)cc1. The van der Waals surface area contributed by atoms with Gasteiger partial charge in [-0.1, -0.05) is 29.8 Å². The highest BCUT2D eigenvalue weighted by molar-refractivity contribution is 8.00. The van der Waals surface area contributed by atoms with Crippen LogP contribution in [0.2, 0.25) is 0 Å². The van der Waals surface area contributed by atoms with Crippen LogP contribution in [0.25, 0.3) is 0 Å². The fourth-order valence-corrected chi connectivity index (χ4v) is 3.14. The minimum atomic E-state index is -0.169. The molecule has 2 rings (SSSR count). The topological polar surface area (TPSA) is 58.6 Å². The fraction of sp³-hybridized carbons (Fsp3) is 0.300. The number of hydrogen-bond donors (Lipinski definition) is 1. The maximum absolute atomic E-state index is 12.4. The molecule has 2 amide bonds. The largest absolute Gasteiger partial charge is 0.492 e. The molecule has 0 saturated carbocycles. The molecule has 2 aromatic carbocycles. The van der Waals surface area contributed by atoms with Gasteiger partial charge in [-0.25, -0.2) is 0 Å². The number of nitrogens with zero attached hydrogens (tertiary/aromatic N) is 1. The number of amides is 2. The van der Waals surface area contributed by atoms with Crippen LogP contribution in [-0.4, -0.2) is 49.7 Å². The fourth-order valence-electron chi connectivity index (χ4n) is 2.11. The van der Waals surface area contributed by atoms with Gasteiger partial charge in [0.15, 0.2) is 0 Å². The van der Waals surface area contributed by atoms with Crippen LogP contribution in [0.1, 0.15) is 15.9 Å². The van der Waals surface area contributed by atoms with E-state index in [0.29, 0.717) is 24.5 Å². The third-order valence-electron chi connectivity index (χ3n) is 3.66. The molecule has 0 fully saturated rings. The molecule has 0 bridgehead atoms. The van der Waals surface area contributed by atoms with Crippen molar-refractivity contribution >= 4 is 23.6 Å². The van der Waals surface area contributed by atoms with E-state index in [1.54, 1.807) is 20.2 Å². The number of aryl methyl sites for hydroxylation is 1. The summed E-state index contributed by atoms with van der Waals surface area (Å²) >= 11 is 1.37. The molecule has 0 radical (unpaired) electrons. The van der Waals surface area contributed by atoms with E-state index in [2.05, 4.69) is 5.32 Å². The Labute approximate surface area is 158 Å². The monoisotopic (exact) mass is 372 g/mol. The third kappa shape index (κ3) is 6.11. The van der Waals surface area contributed by atoms with Crippen LogP contribution >= 0.6 is 11.8 Å². The number of carbonyl (C=O) groups is 2. The lowest BCUT2D eigenvalue weighted by Crippen LogP contribution is -2.28. The molecule has 0 atom stereocenters. The summed E-state index contributed by atoms with van der Waals surface area (Å²) in [5.74, 6) is 0.922. The Morgan fingerprint density at radius 1 is 1.08 bits per heavy atom. The molecule has 2 aromatic rings. The van der Waals surface area contributed by atoms with Crippen LogP contribution in [0.5, 0.6) is 5.75 Å². The second kappa shape index (κ2) is 9.87. The maximum Gasteiger partial charge on any atom is 0.252 e. The third-order valence-corrected chi connectivity index (χ3v) is 4.72. The first-order valence-corrected chi connectivity index (χ1v) is 9.35. The van der Waals surface area contributed by atoms with Crippen molar-refractivity contribution in [2.45, 2.75) is 11.8 Å². The van der Waals surface area contributed by atoms with Gasteiger partial charge in [0.1, 0.15) is 12.4 Å². The molecular weight excluding hydrogens is 348 g/mol. The number of benzene rings is 2. The molecule has 6 heteroatoms. The Morgan fingerprint density at radius 2 is 1.77 bits per heavy atom. The lowest BCUT2D eigenvalue weighted by Gasteiger charge is -2.12. The van der Waals surface area contributed by atoms with Gasteiger partial charge in [-0.3, -0.25) is 9.59 Å². The quantitative estimate of drug-likeness (QED) is 0.572. The standard InChI is InChI=1S/C20H24N2O3S/c1-15-8-10-16(11-9-15)25-13-12-21-20(24)17-6-4-5-7-18(17)26-14-19(23)22(2)3/h4-11H,12-14H2,1-3H3,(H,21,24). The number of thioether (sulfide) groups is 1. The Kier molecular flexibility index (Phi) is 7.53. The van der Waals surface area contributed by atoms with Crippen molar-refractivity contribution in [3.63, 3.8) is 0 Å². The van der Waals surface area contributed by atoms with Crippen LogP contribution in [0, 0.1) is 6.92 Å². The van der Waals surface area contributed by atoms with Crippen LogP contribution in [0.15, 0.2) is 53.4 Å². The molecule has 0 aromatic heterocycles. The molecule has 0 aliphatic rings. The smallest absolute Gasteiger partial charge is 0.252 e. The summed E-state index contributed by atoms with van der Waals surface area (Å²) in [6.45, 7) is 2.82. The highest BCUT2D eigenvalue weighted by Crippen LogP contribution is 2.22. The summed E-state index contributed by atoms with van der Waals surface area (Å²) in [6, 6.07) is 15.1. The Bertz CT molecular complexity index is 745. The van der Waals surface area contributed by atoms with Crippen molar-refractivity contribution in [1.82, 2.24) is 10.2 Å². The van der Waals surface area contributed by atoms with Crippen LogP contribution < -0.4 is 10.1 Å². The van der Waals surface area contributed by atoms with Gasteiger partial charge >= 0.3 is 0 Å². The minimum absolute atomic E-state index is 0.0108. The van der Waals surface area contributed by atoms with Crippen molar-refractivity contribution in [2.75, 3.05) is 33.0 Å². The first-order valence-electron chi connectivity index (χ1n) is 8.37. The van der Waals surface area contributed by atoms with E-state index in [0.717, 1.165) is 10.6 Å². The summed E-state index contributed by atoms with van der Waals surface area (Å²) in [4.78, 5) is 26.5. The van der Waals surface area contributed by atoms with E-state index in [1.807, 2.05) is 49.4 Å². The summed E-state index contributed by atoms with van der Waals surface area (Å²) in [7, 11) is 3.44. The molecule has 1 N–H and O–H groups in total. The van der Waals surface area contributed by atoms with E-state index in [4.69, 9.17) is 4.74 Å². The van der Waals surface area contributed by atoms with Crippen molar-refractivity contribution in [1.29, 1.82) is 0 Å². The first-order chi connectivity index (χ1) is 12.5. The number of carbonyl (C=O) groups excluding carboxylic acids is 2. The van der Waals surface area contributed by atoms with Gasteiger partial charge in [-0.15, -0.1) is 11.8 Å². The van der Waals surface area contributed by atoms with E-state index >= 15 is 0 Å². The Morgan fingerprint density at radius 3 is 2.46 bits per heavy atom. The predicted octanol–water partition coefficient (Wildman–Crippen LogP) is 2.98. The second-order valence-electron chi connectivity index (χ2n) is 5.99. The van der Waals surface area contributed by atoms with Crippen LogP contribution in [0.4, 0.5) is 0 Å². The van der Waals surface area contributed by atoms with Gasteiger partial charge < -0.3 is 15.0 Å². The van der Waals surface area contributed by atoms with Gasteiger partial charge in [0.2, 0.25) is 5.91 Å². The van der Waals surface area contributed by atoms with E-state index < -0.39 is 0 Å². The van der Waals surface area contributed by atoms with Gasteiger partial charge in [-0.05, 0) is 31.2 Å². The van der Waals surface area contributed by atoms with Crippen molar-refractivity contribution in [3.8, 4) is 5.75 Å². The summed E-state index contributed by atoms with van der Waals surface area (Å²) in [5.41, 5.74) is 1.74. The number of hydrogen-bond acceptors (Lipinski definition) is 4. The van der Waals surface area contributed by atoms with Gasteiger partial charge in [0.05, 0.1) is 17.9 Å². The molecule has 138 valence electrons. The number of nitrogens with one attached hydrogen (secondary N) is 1. The highest BCUT2D eigenvalue weighted by Gasteiger charge is 2.13. The number of rotatable bonds is 8. The van der Waals surface area contributed by atoms with Gasteiger partial charge in [0.25, 0.3) is 5.91 Å². The molecule has 0 spiro atoms. The average molecular weight is 372 g/mol. The molecule has 0 heterocycles. The molecule has 0 aliphatic carbocycles. The average Bonchev–Trinajstić information content (AvgIpc) is 2.64. The zero-order chi connectivity index (χ0) is 18.9. The second-order valence-corrected chi connectivity index (χ2v) is 7.01. The Balaban J connectivity index is 1.84. The molecule has 0 saturated heterocycles. The molecule has 0 aliphatic heterocycles. The van der Waals surface area contributed by atoms with E-state index in [-0.39, 0.29) is 11.8 Å². The van der Waals surface area contributed by atoms with Crippen molar-refractivity contribution < 1.29 is 14.3 Å². The summed E-state index contributed by atoms with van der Waals surface area (Å²) in [6.07, 6.45) is 0.